The van der Waals surface area contributed by atoms with Crippen molar-refractivity contribution in [1.29, 1.82) is 0 Å². The Balaban J connectivity index is 1.51. The molecule has 0 bridgehead atoms. The first-order valence-corrected chi connectivity index (χ1v) is 11.5. The zero-order valence-electron chi connectivity index (χ0n) is 17.5. The van der Waals surface area contributed by atoms with Crippen LogP contribution in [0.15, 0.2) is 23.8 Å². The van der Waals surface area contributed by atoms with E-state index in [1.807, 2.05) is 0 Å². The number of rotatable bonds is 5. The predicted octanol–water partition coefficient (Wildman–Crippen LogP) is 5.91. The molecule has 0 spiro atoms. The Morgan fingerprint density at radius 1 is 1.19 bits per heavy atom. The van der Waals surface area contributed by atoms with Gasteiger partial charge < -0.3 is 9.47 Å². The first-order chi connectivity index (χ1) is 12.9. The molecular weight excluding hydrogens is 352 g/mol. The third-order valence-electron chi connectivity index (χ3n) is 8.42. The Labute approximate surface area is 170 Å². The molecule has 2 nitrogen and oxygen atoms in total. The van der Waals surface area contributed by atoms with Crippen LogP contribution in [0.2, 0.25) is 0 Å². The maximum Gasteiger partial charge on any atom is 0.0784 e. The van der Waals surface area contributed by atoms with Gasteiger partial charge in [0.25, 0.3) is 0 Å². The summed E-state index contributed by atoms with van der Waals surface area (Å²) in [4.78, 5) is 1.01. The summed E-state index contributed by atoms with van der Waals surface area (Å²) in [6.45, 7) is 10.7. The zero-order valence-corrected chi connectivity index (χ0v) is 18.3. The highest BCUT2D eigenvalue weighted by atomic mass is 32.1. The Hall–Kier alpha value is -0.510. The van der Waals surface area contributed by atoms with E-state index in [0.717, 1.165) is 35.8 Å². The van der Waals surface area contributed by atoms with Gasteiger partial charge in [0.1, 0.15) is 0 Å². The fourth-order valence-corrected chi connectivity index (χ4v) is 7.19. The van der Waals surface area contributed by atoms with E-state index in [0.29, 0.717) is 11.5 Å². The molecule has 0 aromatic carbocycles. The third kappa shape index (κ3) is 3.28. The molecule has 0 saturated heterocycles. The van der Waals surface area contributed by atoms with E-state index in [4.69, 9.17) is 21.7 Å². The molecule has 0 heterocycles. The van der Waals surface area contributed by atoms with E-state index >= 15 is 0 Å². The van der Waals surface area contributed by atoms with E-state index in [2.05, 4.69) is 45.9 Å². The van der Waals surface area contributed by atoms with E-state index in [9.17, 15) is 0 Å². The molecule has 4 rings (SSSR count). The molecule has 0 aromatic rings. The molecule has 0 radical (unpaired) electrons. The summed E-state index contributed by atoms with van der Waals surface area (Å²) in [5.41, 5.74) is 2.16. The van der Waals surface area contributed by atoms with Crippen molar-refractivity contribution in [1.82, 2.24) is 0 Å². The quantitative estimate of drug-likeness (QED) is 0.546. The van der Waals surface area contributed by atoms with Gasteiger partial charge in [0.15, 0.2) is 0 Å². The number of ether oxygens (including phenoxy) is 2. The van der Waals surface area contributed by atoms with Gasteiger partial charge in [-0.15, -0.1) is 0 Å². The minimum atomic E-state index is 0.198. The Morgan fingerprint density at radius 3 is 2.78 bits per heavy atom. The smallest absolute Gasteiger partial charge is 0.0784 e. The van der Waals surface area contributed by atoms with Crippen molar-refractivity contribution in [3.8, 4) is 0 Å². The molecule has 27 heavy (non-hydrogen) atoms. The van der Waals surface area contributed by atoms with E-state index < -0.39 is 0 Å². The molecule has 0 N–H and O–H groups in total. The fraction of sp³-hybridized carbons (Fsp3) is 0.792. The van der Waals surface area contributed by atoms with Crippen LogP contribution in [0.1, 0.15) is 66.2 Å². The maximum atomic E-state index is 6.54. The minimum Gasteiger partial charge on any atom is -0.379 e. The molecular formula is C24H36O2S. The standard InChI is InChI=1S/C24H36O2S/c1-5-25-15-16(2)26-22-9-8-20-19-7-6-17-14-18(27)10-12-23(17,3)21(19)11-13-24(20,22)4/h10,12,14,16,19-22H,5-9,11,13,15H2,1-4H3/t16?,19-,20-,21-,22-,23-,24-/m0/s1. The maximum absolute atomic E-state index is 6.54. The summed E-state index contributed by atoms with van der Waals surface area (Å²) in [6, 6.07) is 0. The fourth-order valence-electron chi connectivity index (χ4n) is 6.98. The van der Waals surface area contributed by atoms with Crippen molar-refractivity contribution < 1.29 is 9.47 Å². The van der Waals surface area contributed by atoms with Gasteiger partial charge in [0.2, 0.25) is 0 Å². The van der Waals surface area contributed by atoms with Crippen molar-refractivity contribution in [2.24, 2.45) is 28.6 Å². The molecule has 150 valence electrons. The summed E-state index contributed by atoms with van der Waals surface area (Å²) in [6.07, 6.45) is 15.3. The highest BCUT2D eigenvalue weighted by Gasteiger charge is 2.58. The number of thiocarbonyl (C=S) groups is 1. The minimum absolute atomic E-state index is 0.198. The predicted molar refractivity (Wildman–Crippen MR) is 115 cm³/mol. The first kappa shape index (κ1) is 19.8. The number of hydrogen-bond donors (Lipinski definition) is 0. The molecule has 1 unspecified atom stereocenters. The zero-order chi connectivity index (χ0) is 19.2. The van der Waals surface area contributed by atoms with Gasteiger partial charge in [-0.3, -0.25) is 0 Å². The van der Waals surface area contributed by atoms with Gasteiger partial charge >= 0.3 is 0 Å². The lowest BCUT2D eigenvalue weighted by molar-refractivity contribution is -0.121. The van der Waals surface area contributed by atoms with Crippen LogP contribution in [-0.2, 0) is 9.47 Å². The third-order valence-corrected chi connectivity index (χ3v) is 8.68. The van der Waals surface area contributed by atoms with Crippen LogP contribution in [0.4, 0.5) is 0 Å². The van der Waals surface area contributed by atoms with E-state index in [1.54, 1.807) is 5.57 Å². The molecule has 0 aromatic heterocycles. The van der Waals surface area contributed by atoms with Crippen molar-refractivity contribution in [3.05, 3.63) is 23.8 Å². The normalized spacial score (nSPS) is 44.3. The van der Waals surface area contributed by atoms with Crippen LogP contribution in [0.25, 0.3) is 0 Å². The molecule has 7 atom stereocenters. The first-order valence-electron chi connectivity index (χ1n) is 11.1. The Bertz CT molecular complexity index is 653. The van der Waals surface area contributed by atoms with Crippen molar-refractivity contribution in [2.75, 3.05) is 13.2 Å². The molecule has 0 amide bonds. The molecule has 4 aliphatic rings. The van der Waals surface area contributed by atoms with Crippen molar-refractivity contribution in [3.63, 3.8) is 0 Å². The molecule has 3 heteroatoms. The van der Waals surface area contributed by atoms with Crippen LogP contribution >= 0.6 is 12.2 Å². The van der Waals surface area contributed by atoms with Crippen LogP contribution in [0, 0.1) is 28.6 Å². The van der Waals surface area contributed by atoms with Gasteiger partial charge in [-0.25, -0.2) is 0 Å². The average Bonchev–Trinajstić information content (AvgIpc) is 2.97. The second-order valence-corrected chi connectivity index (χ2v) is 10.3. The largest absolute Gasteiger partial charge is 0.379 e. The monoisotopic (exact) mass is 388 g/mol. The summed E-state index contributed by atoms with van der Waals surface area (Å²) in [5.74, 6) is 2.41. The van der Waals surface area contributed by atoms with Gasteiger partial charge in [0, 0.05) is 16.9 Å². The molecule has 3 fully saturated rings. The van der Waals surface area contributed by atoms with Crippen LogP contribution in [-0.4, -0.2) is 30.3 Å². The number of hydrogen-bond acceptors (Lipinski definition) is 3. The van der Waals surface area contributed by atoms with Crippen molar-refractivity contribution in [2.45, 2.75) is 78.4 Å². The average molecular weight is 389 g/mol. The second kappa shape index (κ2) is 7.39. The SMILES string of the molecule is CCOCC(C)O[C@H]1CC[C@H]2[C@@H]3CCC4=CC(=S)C=C[C@]4(C)[C@H]3CC[C@]12C. The van der Waals surface area contributed by atoms with Crippen LogP contribution < -0.4 is 0 Å². The van der Waals surface area contributed by atoms with Crippen LogP contribution in [0.5, 0.6) is 0 Å². The number of fused-ring (bicyclic) bond motifs is 5. The van der Waals surface area contributed by atoms with Crippen LogP contribution in [0.3, 0.4) is 0 Å². The van der Waals surface area contributed by atoms with Gasteiger partial charge in [0.05, 0.1) is 18.8 Å². The highest BCUT2D eigenvalue weighted by Crippen LogP contribution is 2.65. The second-order valence-electron chi connectivity index (χ2n) is 9.82. The molecule has 4 aliphatic carbocycles. The summed E-state index contributed by atoms with van der Waals surface area (Å²) < 4.78 is 12.1. The number of allylic oxidation sites excluding steroid dienone is 4. The lowest BCUT2D eigenvalue weighted by Gasteiger charge is -2.57. The van der Waals surface area contributed by atoms with E-state index in [1.165, 1.54) is 38.5 Å². The lowest BCUT2D eigenvalue weighted by atomic mass is 9.48. The molecule has 0 aliphatic heterocycles. The summed E-state index contributed by atoms with van der Waals surface area (Å²) in [5, 5.41) is 0. The van der Waals surface area contributed by atoms with E-state index in [-0.39, 0.29) is 11.5 Å². The van der Waals surface area contributed by atoms with Gasteiger partial charge in [-0.05, 0) is 87.7 Å². The van der Waals surface area contributed by atoms with Gasteiger partial charge in [-0.1, -0.05) is 37.7 Å². The topological polar surface area (TPSA) is 18.5 Å². The lowest BCUT2D eigenvalue weighted by Crippen LogP contribution is -2.51. The summed E-state index contributed by atoms with van der Waals surface area (Å²) >= 11 is 5.46. The highest BCUT2D eigenvalue weighted by molar-refractivity contribution is 7.81. The molecule has 3 saturated carbocycles. The Morgan fingerprint density at radius 2 is 2.00 bits per heavy atom. The Kier molecular flexibility index (Phi) is 5.42. The summed E-state index contributed by atoms with van der Waals surface area (Å²) in [7, 11) is 0. The van der Waals surface area contributed by atoms with Gasteiger partial charge in [-0.2, -0.15) is 0 Å². The van der Waals surface area contributed by atoms with Crippen molar-refractivity contribution >= 4 is 17.1 Å².